The number of aromatic carboxylic acids is 1. The third-order valence-electron chi connectivity index (χ3n) is 5.60. The number of carboxylic acids is 1. The van der Waals surface area contributed by atoms with E-state index in [4.69, 9.17) is 9.47 Å². The Kier molecular flexibility index (Phi) is 6.34. The lowest BCUT2D eigenvalue weighted by molar-refractivity contribution is 0.0512. The number of imidazole rings is 1. The van der Waals surface area contributed by atoms with Gasteiger partial charge in [0.05, 0.1) is 25.0 Å². The second-order valence-corrected chi connectivity index (χ2v) is 7.67. The van der Waals surface area contributed by atoms with Crippen LogP contribution in [0.4, 0.5) is 0 Å². The molecular weight excluding hydrogens is 436 g/mol. The molecule has 4 aromatic rings. The highest BCUT2D eigenvalue weighted by Crippen LogP contribution is 2.31. The average molecular weight is 460 g/mol. The molecule has 0 saturated carbocycles. The Balaban J connectivity index is 1.80. The van der Waals surface area contributed by atoms with E-state index in [-0.39, 0.29) is 23.7 Å². The van der Waals surface area contributed by atoms with Crippen LogP contribution in [0.5, 0.6) is 5.88 Å². The first-order chi connectivity index (χ1) is 16.4. The first kappa shape index (κ1) is 23.0. The SMILES string of the molecule is CCOC(=O)c1c(OC)nc2c(C)ccc([C@H](O)c3ccc(-c4ccccc4C(=O)O)cc3)n12. The zero-order chi connectivity index (χ0) is 24.4. The minimum Gasteiger partial charge on any atom is -0.479 e. The van der Waals surface area contributed by atoms with Crippen molar-refractivity contribution in [2.75, 3.05) is 13.7 Å². The number of hydrogen-bond acceptors (Lipinski definition) is 6. The Bertz CT molecular complexity index is 1370. The third kappa shape index (κ3) is 3.99. The van der Waals surface area contributed by atoms with Crippen molar-refractivity contribution in [3.8, 4) is 17.0 Å². The van der Waals surface area contributed by atoms with E-state index in [0.717, 1.165) is 5.56 Å². The van der Waals surface area contributed by atoms with Crippen molar-refractivity contribution in [3.05, 3.63) is 88.7 Å². The van der Waals surface area contributed by atoms with Crippen LogP contribution in [0.2, 0.25) is 0 Å². The maximum Gasteiger partial charge on any atom is 0.361 e. The predicted octanol–water partition coefficient (Wildman–Crippen LogP) is 4.27. The Morgan fingerprint density at radius 3 is 2.41 bits per heavy atom. The maximum absolute atomic E-state index is 12.7. The number of carbonyl (C=O) groups is 2. The summed E-state index contributed by atoms with van der Waals surface area (Å²) in [5, 5.41) is 20.7. The van der Waals surface area contributed by atoms with Crippen LogP contribution in [0.15, 0.2) is 60.7 Å². The predicted molar refractivity (Wildman–Crippen MR) is 125 cm³/mol. The number of methoxy groups -OCH3 is 1. The van der Waals surface area contributed by atoms with Gasteiger partial charge in [0, 0.05) is 0 Å². The first-order valence-electron chi connectivity index (χ1n) is 10.7. The van der Waals surface area contributed by atoms with Crippen LogP contribution in [0.1, 0.15) is 50.7 Å². The van der Waals surface area contributed by atoms with Crippen molar-refractivity contribution in [2.24, 2.45) is 0 Å². The van der Waals surface area contributed by atoms with E-state index < -0.39 is 18.0 Å². The van der Waals surface area contributed by atoms with Gasteiger partial charge < -0.3 is 19.7 Å². The number of rotatable bonds is 7. The molecule has 1 atom stereocenters. The summed E-state index contributed by atoms with van der Waals surface area (Å²) in [5.41, 5.74) is 3.83. The lowest BCUT2D eigenvalue weighted by atomic mass is 9.97. The van der Waals surface area contributed by atoms with Crippen molar-refractivity contribution >= 4 is 17.6 Å². The molecule has 0 aliphatic heterocycles. The van der Waals surface area contributed by atoms with Crippen LogP contribution in [0.3, 0.4) is 0 Å². The Morgan fingerprint density at radius 1 is 1.06 bits per heavy atom. The number of pyridine rings is 1. The Hall–Kier alpha value is -4.17. The molecule has 8 heteroatoms. The van der Waals surface area contributed by atoms with Gasteiger partial charge in [-0.25, -0.2) is 9.59 Å². The van der Waals surface area contributed by atoms with Gasteiger partial charge in [-0.15, -0.1) is 0 Å². The van der Waals surface area contributed by atoms with E-state index in [9.17, 15) is 19.8 Å². The van der Waals surface area contributed by atoms with Crippen molar-refractivity contribution in [3.63, 3.8) is 0 Å². The molecule has 8 nitrogen and oxygen atoms in total. The number of nitrogens with zero attached hydrogens (tertiary/aromatic N) is 2. The normalized spacial score (nSPS) is 11.9. The van der Waals surface area contributed by atoms with Crippen molar-refractivity contribution in [1.82, 2.24) is 9.38 Å². The minimum absolute atomic E-state index is 0.101. The Labute approximate surface area is 196 Å². The highest BCUT2D eigenvalue weighted by atomic mass is 16.5. The number of carbonyl (C=O) groups excluding carboxylic acids is 1. The summed E-state index contributed by atoms with van der Waals surface area (Å²) in [7, 11) is 1.42. The van der Waals surface area contributed by atoms with Gasteiger partial charge in [-0.05, 0) is 48.2 Å². The van der Waals surface area contributed by atoms with Gasteiger partial charge in [0.25, 0.3) is 0 Å². The largest absolute Gasteiger partial charge is 0.479 e. The molecule has 4 rings (SSSR count). The number of esters is 1. The maximum atomic E-state index is 12.7. The number of aryl methyl sites for hydroxylation is 1. The highest BCUT2D eigenvalue weighted by Gasteiger charge is 2.27. The number of fused-ring (bicyclic) bond motifs is 1. The fraction of sp³-hybridized carbons (Fsp3) is 0.192. The van der Waals surface area contributed by atoms with Crippen LogP contribution in [-0.2, 0) is 4.74 Å². The Morgan fingerprint density at radius 2 is 1.76 bits per heavy atom. The molecular formula is C26H24N2O6. The number of aliphatic hydroxyl groups excluding tert-OH is 1. The minimum atomic E-state index is -1.10. The van der Waals surface area contributed by atoms with E-state index in [1.54, 1.807) is 65.9 Å². The molecule has 174 valence electrons. The standard InChI is InChI=1S/C26H24N2O6/c1-4-34-26(32)21-24(33-3)27-23-15(2)9-14-20(28(21)23)22(29)17-12-10-16(11-13-17)18-7-5-6-8-19(18)25(30)31/h5-14,22,29H,4H2,1-3H3,(H,30,31)/t22-/m1/s1. The zero-order valence-corrected chi connectivity index (χ0v) is 19.0. The molecule has 0 saturated heterocycles. The van der Waals surface area contributed by atoms with Crippen LogP contribution in [0, 0.1) is 6.92 Å². The summed E-state index contributed by atoms with van der Waals surface area (Å²) in [6, 6.07) is 17.2. The number of benzene rings is 2. The molecule has 2 aromatic heterocycles. The van der Waals surface area contributed by atoms with Gasteiger partial charge in [-0.3, -0.25) is 4.40 Å². The molecule has 0 bridgehead atoms. The summed E-state index contributed by atoms with van der Waals surface area (Å²) in [6.07, 6.45) is -1.10. The van der Waals surface area contributed by atoms with Gasteiger partial charge in [0.2, 0.25) is 5.88 Å². The summed E-state index contributed by atoms with van der Waals surface area (Å²) < 4.78 is 12.1. The summed E-state index contributed by atoms with van der Waals surface area (Å²) in [4.78, 5) is 28.7. The molecule has 0 unspecified atom stereocenters. The second kappa shape index (κ2) is 9.36. The van der Waals surface area contributed by atoms with Crippen LogP contribution < -0.4 is 4.74 Å². The van der Waals surface area contributed by atoms with Crippen molar-refractivity contribution < 1.29 is 29.3 Å². The number of ether oxygens (including phenoxy) is 2. The molecule has 2 heterocycles. The van der Waals surface area contributed by atoms with E-state index in [1.807, 2.05) is 13.0 Å². The summed E-state index contributed by atoms with van der Waals surface area (Å²) in [6.45, 7) is 3.73. The lowest BCUT2D eigenvalue weighted by Gasteiger charge is -2.17. The fourth-order valence-corrected chi connectivity index (χ4v) is 3.95. The second-order valence-electron chi connectivity index (χ2n) is 7.67. The lowest BCUT2D eigenvalue weighted by Crippen LogP contribution is -2.14. The average Bonchev–Trinajstić information content (AvgIpc) is 3.25. The monoisotopic (exact) mass is 460 g/mol. The number of aromatic nitrogens is 2. The molecule has 34 heavy (non-hydrogen) atoms. The number of carboxylic acid groups (broad SMARTS) is 1. The van der Waals surface area contributed by atoms with E-state index >= 15 is 0 Å². The van der Waals surface area contributed by atoms with Gasteiger partial charge in [-0.2, -0.15) is 4.98 Å². The fourth-order valence-electron chi connectivity index (χ4n) is 3.95. The third-order valence-corrected chi connectivity index (χ3v) is 5.60. The zero-order valence-electron chi connectivity index (χ0n) is 19.0. The molecule has 2 N–H and O–H groups in total. The van der Waals surface area contributed by atoms with Crippen LogP contribution >= 0.6 is 0 Å². The quantitative estimate of drug-likeness (QED) is 0.396. The van der Waals surface area contributed by atoms with Crippen molar-refractivity contribution in [2.45, 2.75) is 20.0 Å². The van der Waals surface area contributed by atoms with Crippen LogP contribution in [0.25, 0.3) is 16.8 Å². The van der Waals surface area contributed by atoms with Gasteiger partial charge in [0.1, 0.15) is 11.8 Å². The highest BCUT2D eigenvalue weighted by molar-refractivity contribution is 5.96. The molecule has 0 aliphatic carbocycles. The molecule has 2 aromatic carbocycles. The molecule has 0 amide bonds. The number of aliphatic hydroxyl groups is 1. The molecule has 0 radical (unpaired) electrons. The van der Waals surface area contributed by atoms with E-state index in [2.05, 4.69) is 4.98 Å². The smallest absolute Gasteiger partial charge is 0.361 e. The molecule has 0 fully saturated rings. The first-order valence-corrected chi connectivity index (χ1v) is 10.7. The van der Waals surface area contributed by atoms with Crippen molar-refractivity contribution in [1.29, 1.82) is 0 Å². The van der Waals surface area contributed by atoms with Crippen LogP contribution in [-0.4, -0.2) is 45.3 Å². The molecule has 0 aliphatic rings. The van der Waals surface area contributed by atoms with E-state index in [0.29, 0.717) is 28.0 Å². The van der Waals surface area contributed by atoms with Gasteiger partial charge in [-0.1, -0.05) is 48.5 Å². The number of hydrogen-bond donors (Lipinski definition) is 2. The van der Waals surface area contributed by atoms with Gasteiger partial charge >= 0.3 is 11.9 Å². The molecule has 0 spiro atoms. The topological polar surface area (TPSA) is 110 Å². The van der Waals surface area contributed by atoms with Gasteiger partial charge in [0.15, 0.2) is 5.69 Å². The summed E-state index contributed by atoms with van der Waals surface area (Å²) in [5.74, 6) is -1.50. The van der Waals surface area contributed by atoms with E-state index in [1.165, 1.54) is 7.11 Å². The summed E-state index contributed by atoms with van der Waals surface area (Å²) >= 11 is 0.